The van der Waals surface area contributed by atoms with Gasteiger partial charge in [0.2, 0.25) is 0 Å². The number of aliphatic hydroxyl groups excluding tert-OH is 1. The zero-order valence-corrected chi connectivity index (χ0v) is 17.6. The summed E-state index contributed by atoms with van der Waals surface area (Å²) in [5, 5.41) is 14.2. The van der Waals surface area contributed by atoms with Crippen molar-refractivity contribution in [2.45, 2.75) is 37.3 Å². The molecule has 0 bridgehead atoms. The first-order valence-electron chi connectivity index (χ1n) is 9.48. The second kappa shape index (κ2) is 11.3. The first kappa shape index (κ1) is 21.8. The van der Waals surface area contributed by atoms with Gasteiger partial charge in [-0.3, -0.25) is 0 Å². The largest absolute Gasteiger partial charge is 0.497 e. The quantitative estimate of drug-likeness (QED) is 0.573. The Morgan fingerprint density at radius 1 is 1.04 bits per heavy atom. The third-order valence-corrected chi connectivity index (χ3v) is 5.43. The molecule has 148 valence electrons. The Kier molecular flexibility index (Phi) is 9.15. The molecule has 2 N–H and O–H groups in total. The highest BCUT2D eigenvalue weighted by atomic mass is 32.2. The highest BCUT2D eigenvalue weighted by Gasteiger charge is 2.22. The van der Waals surface area contributed by atoms with Crippen LogP contribution in [0.4, 0.5) is 0 Å². The number of hydrogen-bond donors (Lipinski definition) is 2. The van der Waals surface area contributed by atoms with Crippen LogP contribution < -0.4 is 10.1 Å². The molecule has 0 aliphatic heterocycles. The van der Waals surface area contributed by atoms with Gasteiger partial charge in [0, 0.05) is 24.0 Å². The predicted octanol–water partition coefficient (Wildman–Crippen LogP) is 3.85. The lowest BCUT2D eigenvalue weighted by atomic mass is 10.0. The van der Waals surface area contributed by atoms with Gasteiger partial charge in [-0.1, -0.05) is 44.2 Å². The van der Waals surface area contributed by atoms with E-state index >= 15 is 0 Å². The Labute approximate surface area is 168 Å². The predicted molar refractivity (Wildman–Crippen MR) is 114 cm³/mol. The van der Waals surface area contributed by atoms with Crippen LogP contribution in [0.2, 0.25) is 0 Å². The van der Waals surface area contributed by atoms with Crippen LogP contribution in [0.3, 0.4) is 0 Å². The Bertz CT molecular complexity index is 649. The van der Waals surface area contributed by atoms with Crippen molar-refractivity contribution in [3.8, 4) is 5.75 Å². The van der Waals surface area contributed by atoms with Gasteiger partial charge in [-0.2, -0.15) is 0 Å². The standard InChI is InChI=1S/C22H32N2O2S/c1-17(2)15-24(27-20-12-10-19(26-4)11-13-20)16-22(25)21(23-3)14-18-8-6-5-7-9-18/h5-13,17,21-23,25H,14-16H2,1-4H3. The van der Waals surface area contributed by atoms with Crippen LogP contribution >= 0.6 is 11.9 Å². The normalized spacial score (nSPS) is 13.7. The lowest BCUT2D eigenvalue weighted by molar-refractivity contribution is 0.108. The zero-order valence-electron chi connectivity index (χ0n) is 16.8. The molecule has 27 heavy (non-hydrogen) atoms. The van der Waals surface area contributed by atoms with Gasteiger partial charge in [0.1, 0.15) is 5.75 Å². The fourth-order valence-electron chi connectivity index (χ4n) is 2.98. The van der Waals surface area contributed by atoms with Crippen molar-refractivity contribution in [2.75, 3.05) is 27.2 Å². The average Bonchev–Trinajstić information content (AvgIpc) is 2.67. The van der Waals surface area contributed by atoms with Crippen molar-refractivity contribution >= 4 is 11.9 Å². The van der Waals surface area contributed by atoms with E-state index in [4.69, 9.17) is 4.74 Å². The number of nitrogens with zero attached hydrogens (tertiary/aromatic N) is 1. The van der Waals surface area contributed by atoms with Gasteiger partial charge >= 0.3 is 0 Å². The molecule has 0 radical (unpaired) electrons. The number of aliphatic hydroxyl groups is 1. The minimum atomic E-state index is -0.459. The highest BCUT2D eigenvalue weighted by molar-refractivity contribution is 7.97. The SMILES string of the molecule is CNC(Cc1ccccc1)C(O)CN(CC(C)C)Sc1ccc(OC)cc1. The molecule has 2 rings (SSSR count). The van der Waals surface area contributed by atoms with E-state index in [0.29, 0.717) is 12.5 Å². The molecule has 0 saturated heterocycles. The maximum atomic E-state index is 10.9. The van der Waals surface area contributed by atoms with Crippen LogP contribution in [-0.4, -0.2) is 48.8 Å². The number of methoxy groups -OCH3 is 1. The molecule has 4 nitrogen and oxygen atoms in total. The van der Waals surface area contributed by atoms with Gasteiger partial charge in [-0.05, 0) is 61.2 Å². The third-order valence-electron chi connectivity index (χ3n) is 4.39. The summed E-state index contributed by atoms with van der Waals surface area (Å²) in [6.45, 7) is 5.92. The van der Waals surface area contributed by atoms with E-state index in [1.165, 1.54) is 5.56 Å². The molecule has 0 aliphatic rings. The second-order valence-corrected chi connectivity index (χ2v) is 8.33. The number of likely N-dealkylation sites (N-methyl/N-ethyl adjacent to an activating group) is 1. The summed E-state index contributed by atoms with van der Waals surface area (Å²) in [5.41, 5.74) is 1.23. The summed E-state index contributed by atoms with van der Waals surface area (Å²) in [5.74, 6) is 1.37. The van der Waals surface area contributed by atoms with E-state index in [1.54, 1.807) is 19.1 Å². The highest BCUT2D eigenvalue weighted by Crippen LogP contribution is 2.26. The molecule has 0 spiro atoms. The van der Waals surface area contributed by atoms with E-state index in [9.17, 15) is 5.11 Å². The van der Waals surface area contributed by atoms with Gasteiger partial charge in [-0.15, -0.1) is 0 Å². The third kappa shape index (κ3) is 7.54. The summed E-state index contributed by atoms with van der Waals surface area (Å²) in [4.78, 5) is 1.15. The molecule has 2 unspecified atom stereocenters. The number of nitrogens with one attached hydrogen (secondary N) is 1. The van der Waals surface area contributed by atoms with Crippen LogP contribution in [0.15, 0.2) is 59.5 Å². The van der Waals surface area contributed by atoms with Gasteiger partial charge in [-0.25, -0.2) is 4.31 Å². The Morgan fingerprint density at radius 3 is 2.26 bits per heavy atom. The number of ether oxygens (including phenoxy) is 1. The summed E-state index contributed by atoms with van der Waals surface area (Å²) < 4.78 is 7.49. The fourth-order valence-corrected chi connectivity index (χ4v) is 4.13. The Balaban J connectivity index is 2.01. The van der Waals surface area contributed by atoms with E-state index in [-0.39, 0.29) is 6.04 Å². The summed E-state index contributed by atoms with van der Waals surface area (Å²) in [7, 11) is 3.59. The maximum absolute atomic E-state index is 10.9. The molecule has 0 amide bonds. The molecule has 0 saturated carbocycles. The van der Waals surface area contributed by atoms with E-state index in [0.717, 1.165) is 23.6 Å². The van der Waals surface area contributed by atoms with E-state index in [1.807, 2.05) is 37.4 Å². The molecular formula is C22H32N2O2S. The minimum Gasteiger partial charge on any atom is -0.497 e. The molecule has 0 heterocycles. The zero-order chi connectivity index (χ0) is 19.6. The van der Waals surface area contributed by atoms with Crippen LogP contribution in [0.25, 0.3) is 0 Å². The summed E-state index contributed by atoms with van der Waals surface area (Å²) in [6, 6.07) is 18.4. The number of hydrogen-bond acceptors (Lipinski definition) is 5. The van der Waals surface area contributed by atoms with Crippen molar-refractivity contribution in [1.29, 1.82) is 0 Å². The minimum absolute atomic E-state index is 0.0125. The Hall–Kier alpha value is -1.53. The maximum Gasteiger partial charge on any atom is 0.118 e. The van der Waals surface area contributed by atoms with E-state index in [2.05, 4.69) is 47.7 Å². The van der Waals surface area contributed by atoms with Crippen LogP contribution in [0, 0.1) is 5.92 Å². The van der Waals surface area contributed by atoms with Crippen LogP contribution in [-0.2, 0) is 6.42 Å². The van der Waals surface area contributed by atoms with Crippen LogP contribution in [0.1, 0.15) is 19.4 Å². The molecule has 2 aromatic rings. The lowest BCUT2D eigenvalue weighted by Crippen LogP contribution is -2.45. The molecule has 5 heteroatoms. The van der Waals surface area contributed by atoms with Crippen LogP contribution in [0.5, 0.6) is 5.75 Å². The molecule has 0 fully saturated rings. The molecule has 0 aliphatic carbocycles. The van der Waals surface area contributed by atoms with Crippen molar-refractivity contribution in [3.05, 3.63) is 60.2 Å². The van der Waals surface area contributed by atoms with Crippen molar-refractivity contribution in [1.82, 2.24) is 9.62 Å². The van der Waals surface area contributed by atoms with Gasteiger partial charge in [0.25, 0.3) is 0 Å². The number of rotatable bonds is 11. The van der Waals surface area contributed by atoms with Crippen molar-refractivity contribution < 1.29 is 9.84 Å². The first-order valence-corrected chi connectivity index (χ1v) is 10.3. The summed E-state index contributed by atoms with van der Waals surface area (Å²) in [6.07, 6.45) is 0.348. The van der Waals surface area contributed by atoms with Crippen molar-refractivity contribution in [2.24, 2.45) is 5.92 Å². The van der Waals surface area contributed by atoms with Gasteiger partial charge < -0.3 is 15.2 Å². The molecular weight excluding hydrogens is 356 g/mol. The van der Waals surface area contributed by atoms with Crippen molar-refractivity contribution in [3.63, 3.8) is 0 Å². The monoisotopic (exact) mass is 388 g/mol. The molecule has 2 aromatic carbocycles. The first-order chi connectivity index (χ1) is 13.0. The van der Waals surface area contributed by atoms with Gasteiger partial charge in [0.15, 0.2) is 0 Å². The van der Waals surface area contributed by atoms with E-state index < -0.39 is 6.10 Å². The molecule has 2 atom stereocenters. The Morgan fingerprint density at radius 2 is 1.70 bits per heavy atom. The average molecular weight is 389 g/mol. The summed E-state index contributed by atoms with van der Waals surface area (Å²) >= 11 is 1.69. The second-order valence-electron chi connectivity index (χ2n) is 7.16. The number of benzene rings is 2. The fraction of sp³-hybridized carbons (Fsp3) is 0.455. The van der Waals surface area contributed by atoms with Gasteiger partial charge in [0.05, 0.1) is 13.2 Å². The molecule has 0 aromatic heterocycles. The lowest BCUT2D eigenvalue weighted by Gasteiger charge is -2.29. The smallest absolute Gasteiger partial charge is 0.118 e. The topological polar surface area (TPSA) is 44.7 Å².